The number of aliphatic hydroxyl groups excluding tert-OH is 1. The third-order valence-corrected chi connectivity index (χ3v) is 5.15. The van der Waals surface area contributed by atoms with Crippen molar-refractivity contribution in [1.29, 1.82) is 0 Å². The van der Waals surface area contributed by atoms with Crippen molar-refractivity contribution in [3.05, 3.63) is 53.7 Å². The largest absolute Gasteiger partial charge is 0.457 e. The average molecular weight is 398 g/mol. The lowest BCUT2D eigenvalue weighted by atomic mass is 9.82. The van der Waals surface area contributed by atoms with Crippen molar-refractivity contribution in [3.63, 3.8) is 0 Å². The number of esters is 1. The number of nitrogens with one attached hydrogen (secondary N) is 1. The molecule has 154 valence electrons. The van der Waals surface area contributed by atoms with E-state index in [0.29, 0.717) is 23.1 Å². The number of β-lactam (4-membered cyclic amide) rings is 1. The Morgan fingerprint density at radius 2 is 2.10 bits per heavy atom. The highest BCUT2D eigenvalue weighted by Crippen LogP contribution is 2.47. The van der Waals surface area contributed by atoms with Gasteiger partial charge in [-0.15, -0.1) is 0 Å². The number of carbonyl (C=O) groups excluding carboxylic acids is 3. The van der Waals surface area contributed by atoms with E-state index in [-0.39, 0.29) is 36.2 Å². The van der Waals surface area contributed by atoms with E-state index in [4.69, 9.17) is 4.74 Å². The van der Waals surface area contributed by atoms with Gasteiger partial charge in [0.05, 0.1) is 18.1 Å². The van der Waals surface area contributed by atoms with Gasteiger partial charge < -0.3 is 20.1 Å². The highest BCUT2D eigenvalue weighted by Gasteiger charge is 2.57. The lowest BCUT2D eigenvalue weighted by Crippen LogP contribution is -2.61. The van der Waals surface area contributed by atoms with Gasteiger partial charge >= 0.3 is 5.97 Å². The van der Waals surface area contributed by atoms with Gasteiger partial charge in [0, 0.05) is 11.6 Å². The summed E-state index contributed by atoms with van der Waals surface area (Å²) in [6.45, 7) is 8.89. The van der Waals surface area contributed by atoms with Gasteiger partial charge in [0.15, 0.2) is 0 Å². The molecule has 7 nitrogen and oxygen atoms in total. The summed E-state index contributed by atoms with van der Waals surface area (Å²) in [5.41, 5.74) is 1.97. The Labute approximate surface area is 170 Å². The highest BCUT2D eigenvalue weighted by molar-refractivity contribution is 6.07. The van der Waals surface area contributed by atoms with Crippen LogP contribution in [0.1, 0.15) is 43.1 Å². The fourth-order valence-electron chi connectivity index (χ4n) is 3.91. The number of rotatable bonds is 7. The summed E-state index contributed by atoms with van der Waals surface area (Å²) in [7, 11) is 0. The predicted molar refractivity (Wildman–Crippen MR) is 108 cm³/mol. The minimum absolute atomic E-state index is 0.00679. The zero-order valence-corrected chi connectivity index (χ0v) is 16.8. The van der Waals surface area contributed by atoms with Crippen molar-refractivity contribution in [2.45, 2.75) is 45.4 Å². The molecule has 3 unspecified atom stereocenters. The van der Waals surface area contributed by atoms with E-state index < -0.39 is 18.0 Å². The van der Waals surface area contributed by atoms with Crippen LogP contribution in [0.15, 0.2) is 42.6 Å². The van der Waals surface area contributed by atoms with Crippen LogP contribution in [0.3, 0.4) is 0 Å². The topological polar surface area (TPSA) is 95.9 Å². The maximum atomic E-state index is 12.7. The fourth-order valence-corrected chi connectivity index (χ4v) is 3.91. The first-order chi connectivity index (χ1) is 13.8. The minimum atomic E-state index is -0.809. The number of nitrogens with zero attached hydrogens (tertiary/aromatic N) is 1. The summed E-state index contributed by atoms with van der Waals surface area (Å²) >= 11 is 0. The van der Waals surface area contributed by atoms with Crippen molar-refractivity contribution in [2.75, 3.05) is 6.61 Å². The van der Waals surface area contributed by atoms with Crippen LogP contribution in [0.4, 0.5) is 0 Å². The summed E-state index contributed by atoms with van der Waals surface area (Å²) in [6.07, 6.45) is 1.06. The van der Waals surface area contributed by atoms with Crippen LogP contribution >= 0.6 is 0 Å². The quantitative estimate of drug-likeness (QED) is 0.415. The van der Waals surface area contributed by atoms with E-state index in [2.05, 4.69) is 11.9 Å². The molecule has 0 aliphatic carbocycles. The molecule has 2 aliphatic rings. The summed E-state index contributed by atoms with van der Waals surface area (Å²) in [5.74, 6) is -1.67. The van der Waals surface area contributed by atoms with E-state index in [1.165, 1.54) is 11.0 Å². The van der Waals surface area contributed by atoms with Gasteiger partial charge in [-0.2, -0.15) is 0 Å². The van der Waals surface area contributed by atoms with Crippen LogP contribution in [0, 0.1) is 5.92 Å². The first-order valence-electron chi connectivity index (χ1n) is 9.69. The molecule has 7 heteroatoms. The summed E-state index contributed by atoms with van der Waals surface area (Å²) in [5, 5.41) is 12.8. The average Bonchev–Trinajstić information content (AvgIpc) is 3.00. The number of benzene rings is 1. The van der Waals surface area contributed by atoms with Gasteiger partial charge in [0.2, 0.25) is 5.91 Å². The van der Waals surface area contributed by atoms with Gasteiger partial charge in [-0.05, 0) is 50.5 Å². The summed E-state index contributed by atoms with van der Waals surface area (Å²) < 4.78 is 5.20. The lowest BCUT2D eigenvalue weighted by Gasteiger charge is -2.44. The van der Waals surface area contributed by atoms with Gasteiger partial charge in [0.25, 0.3) is 5.91 Å². The molecule has 3 rings (SSSR count). The van der Waals surface area contributed by atoms with Crippen molar-refractivity contribution < 1.29 is 24.2 Å². The summed E-state index contributed by atoms with van der Waals surface area (Å²) in [6, 6.07) is 6.65. The van der Waals surface area contributed by atoms with E-state index in [9.17, 15) is 19.5 Å². The van der Waals surface area contributed by atoms with E-state index in [1.54, 1.807) is 31.2 Å². The molecule has 3 atom stereocenters. The first-order valence-corrected chi connectivity index (χ1v) is 9.69. The van der Waals surface area contributed by atoms with Gasteiger partial charge in [-0.3, -0.25) is 9.59 Å². The number of hydrogen-bond donors (Lipinski definition) is 2. The SMILES string of the molecule is C=CCOC(=O)C1=C(c2cccc(C(=O)NC(C)C)c2)CC2C(C(C)O)C(=O)N12. The molecule has 0 radical (unpaired) electrons. The van der Waals surface area contributed by atoms with Gasteiger partial charge in [-0.25, -0.2) is 4.79 Å². The van der Waals surface area contributed by atoms with Crippen LogP contribution < -0.4 is 5.32 Å². The number of amides is 2. The molecule has 2 N–H and O–H groups in total. The van der Waals surface area contributed by atoms with Crippen LogP contribution in [-0.4, -0.2) is 52.6 Å². The third kappa shape index (κ3) is 3.82. The number of aliphatic hydroxyl groups is 1. The van der Waals surface area contributed by atoms with Crippen LogP contribution in [-0.2, 0) is 14.3 Å². The van der Waals surface area contributed by atoms with E-state index in [1.807, 2.05) is 13.8 Å². The molecule has 1 saturated heterocycles. The van der Waals surface area contributed by atoms with Crippen LogP contribution in [0.5, 0.6) is 0 Å². The van der Waals surface area contributed by atoms with Crippen molar-refractivity contribution >= 4 is 23.4 Å². The molecule has 0 spiro atoms. The minimum Gasteiger partial charge on any atom is -0.457 e. The third-order valence-electron chi connectivity index (χ3n) is 5.15. The monoisotopic (exact) mass is 398 g/mol. The van der Waals surface area contributed by atoms with E-state index >= 15 is 0 Å². The molecule has 29 heavy (non-hydrogen) atoms. The molecule has 1 fully saturated rings. The number of carbonyl (C=O) groups is 3. The Morgan fingerprint density at radius 3 is 2.72 bits per heavy atom. The Kier molecular flexibility index (Phi) is 5.88. The van der Waals surface area contributed by atoms with Gasteiger partial charge in [0.1, 0.15) is 12.3 Å². The molecule has 2 amide bonds. The molecule has 0 saturated carbocycles. The molecule has 1 aromatic rings. The number of fused-ring (bicyclic) bond motifs is 1. The molecule has 0 aromatic heterocycles. The second-order valence-corrected chi connectivity index (χ2v) is 7.67. The fraction of sp³-hybridized carbons (Fsp3) is 0.409. The lowest BCUT2D eigenvalue weighted by molar-refractivity contribution is -0.162. The second kappa shape index (κ2) is 8.21. The molecular weight excluding hydrogens is 372 g/mol. The maximum absolute atomic E-state index is 12.7. The smallest absolute Gasteiger partial charge is 0.355 e. The Bertz CT molecular complexity index is 887. The zero-order chi connectivity index (χ0) is 21.3. The van der Waals surface area contributed by atoms with Crippen molar-refractivity contribution in [1.82, 2.24) is 10.2 Å². The Hall–Kier alpha value is -2.93. The van der Waals surface area contributed by atoms with E-state index in [0.717, 1.165) is 0 Å². The first kappa shape index (κ1) is 20.8. The highest BCUT2D eigenvalue weighted by atomic mass is 16.5. The maximum Gasteiger partial charge on any atom is 0.355 e. The molecule has 1 aromatic carbocycles. The van der Waals surface area contributed by atoms with Gasteiger partial charge in [-0.1, -0.05) is 24.8 Å². The second-order valence-electron chi connectivity index (χ2n) is 7.67. The Morgan fingerprint density at radius 1 is 1.38 bits per heavy atom. The van der Waals surface area contributed by atoms with Crippen molar-refractivity contribution in [3.8, 4) is 0 Å². The predicted octanol–water partition coefficient (Wildman–Crippen LogP) is 1.88. The summed E-state index contributed by atoms with van der Waals surface area (Å²) in [4.78, 5) is 39.1. The zero-order valence-electron chi connectivity index (χ0n) is 16.8. The molecular formula is C22H26N2O5. The Balaban J connectivity index is 2.00. The molecule has 0 bridgehead atoms. The number of ether oxygens (including phenoxy) is 1. The number of hydrogen-bond acceptors (Lipinski definition) is 5. The normalized spacial score (nSPS) is 21.6. The van der Waals surface area contributed by atoms with Crippen LogP contribution in [0.25, 0.3) is 5.57 Å². The standard InChI is InChI=1S/C22H26N2O5/c1-5-9-29-22(28)19-16(11-17-18(13(4)25)21(27)24(17)19)14-7-6-8-15(10-14)20(26)23-12(2)3/h5-8,10,12-13,17-18,25H,1,9,11H2,2-4H3,(H,23,26). The molecule has 2 aliphatic heterocycles. The van der Waals surface area contributed by atoms with Crippen LogP contribution in [0.2, 0.25) is 0 Å². The molecule has 2 heterocycles. The van der Waals surface area contributed by atoms with Crippen molar-refractivity contribution in [2.24, 2.45) is 5.92 Å².